The van der Waals surface area contributed by atoms with Crippen LogP contribution in [-0.2, 0) is 0 Å². The molecule has 3 aromatic rings. The third-order valence-corrected chi connectivity index (χ3v) is 3.97. The van der Waals surface area contributed by atoms with Crippen molar-refractivity contribution in [3.05, 3.63) is 60.4 Å². The van der Waals surface area contributed by atoms with Crippen LogP contribution in [0.25, 0.3) is 0 Å². The third-order valence-electron chi connectivity index (χ3n) is 3.97. The quantitative estimate of drug-likeness (QED) is 0.677. The van der Waals surface area contributed by atoms with Crippen LogP contribution in [0.1, 0.15) is 17.3 Å². The maximum absolute atomic E-state index is 12.4. The van der Waals surface area contributed by atoms with E-state index in [9.17, 15) is 4.79 Å². The van der Waals surface area contributed by atoms with Gasteiger partial charge in [-0.15, -0.1) is 0 Å². The Morgan fingerprint density at radius 2 is 1.75 bits per heavy atom. The van der Waals surface area contributed by atoms with Crippen LogP contribution in [0.15, 0.2) is 54.9 Å². The number of carbonyl (C=O) groups is 1. The Hall–Kier alpha value is -3.81. The van der Waals surface area contributed by atoms with Crippen LogP contribution in [0.2, 0.25) is 0 Å². The molecular weight excluding hydrogens is 360 g/mol. The Labute approximate surface area is 161 Å². The van der Waals surface area contributed by atoms with E-state index in [1.807, 2.05) is 31.2 Å². The van der Waals surface area contributed by atoms with E-state index in [4.69, 9.17) is 14.2 Å². The predicted octanol–water partition coefficient (Wildman–Crippen LogP) is 3.60. The molecule has 2 N–H and O–H groups in total. The van der Waals surface area contributed by atoms with Gasteiger partial charge in [0.1, 0.15) is 5.75 Å². The average molecular weight is 378 g/mol. The second-order valence-electron chi connectivity index (χ2n) is 5.90. The number of benzene rings is 2. The Morgan fingerprint density at radius 1 is 1.04 bits per heavy atom. The highest BCUT2D eigenvalue weighted by Crippen LogP contribution is 2.34. The Balaban J connectivity index is 1.39. The van der Waals surface area contributed by atoms with Gasteiger partial charge in [0.2, 0.25) is 12.7 Å². The summed E-state index contributed by atoms with van der Waals surface area (Å²) in [5.41, 5.74) is 1.77. The average Bonchev–Trinajstić information content (AvgIpc) is 3.18. The molecule has 8 nitrogen and oxygen atoms in total. The summed E-state index contributed by atoms with van der Waals surface area (Å²) < 4.78 is 16.0. The summed E-state index contributed by atoms with van der Waals surface area (Å²) in [7, 11) is 0. The lowest BCUT2D eigenvalue weighted by atomic mass is 10.2. The third kappa shape index (κ3) is 3.96. The summed E-state index contributed by atoms with van der Waals surface area (Å²) in [6.45, 7) is 2.74. The van der Waals surface area contributed by atoms with Gasteiger partial charge >= 0.3 is 0 Å². The smallest absolute Gasteiger partial charge is 0.258 e. The first kappa shape index (κ1) is 17.6. The van der Waals surface area contributed by atoms with Crippen molar-refractivity contribution in [2.75, 3.05) is 24.0 Å². The van der Waals surface area contributed by atoms with Gasteiger partial charge in [-0.2, -0.15) is 0 Å². The molecule has 0 saturated carbocycles. The SMILES string of the molecule is CCOc1ccc(Nc2ncc(C(=O)Nc3ccc4c(c3)OCO4)cn2)cc1. The normalized spacial score (nSPS) is 11.8. The molecule has 4 rings (SSSR count). The fourth-order valence-corrected chi connectivity index (χ4v) is 2.62. The summed E-state index contributed by atoms with van der Waals surface area (Å²) in [6, 6.07) is 12.7. The van der Waals surface area contributed by atoms with Crippen molar-refractivity contribution < 1.29 is 19.0 Å². The second kappa shape index (κ2) is 7.83. The van der Waals surface area contributed by atoms with Gasteiger partial charge in [0.05, 0.1) is 12.2 Å². The lowest BCUT2D eigenvalue weighted by Crippen LogP contribution is -2.13. The molecule has 0 unspecified atom stereocenters. The molecule has 2 aromatic carbocycles. The molecule has 0 fully saturated rings. The van der Waals surface area contributed by atoms with E-state index in [1.54, 1.807) is 18.2 Å². The van der Waals surface area contributed by atoms with Crippen molar-refractivity contribution in [1.82, 2.24) is 9.97 Å². The van der Waals surface area contributed by atoms with Crippen LogP contribution >= 0.6 is 0 Å². The fraction of sp³-hybridized carbons (Fsp3) is 0.150. The minimum atomic E-state index is -0.313. The van der Waals surface area contributed by atoms with Crippen LogP contribution < -0.4 is 24.8 Å². The van der Waals surface area contributed by atoms with Crippen LogP contribution in [0.4, 0.5) is 17.3 Å². The van der Waals surface area contributed by atoms with Crippen molar-refractivity contribution >= 4 is 23.2 Å². The van der Waals surface area contributed by atoms with Crippen LogP contribution in [0.3, 0.4) is 0 Å². The van der Waals surface area contributed by atoms with Crippen molar-refractivity contribution in [2.24, 2.45) is 0 Å². The van der Waals surface area contributed by atoms with Gasteiger partial charge in [-0.25, -0.2) is 9.97 Å². The molecule has 1 aliphatic heterocycles. The molecule has 0 aliphatic carbocycles. The van der Waals surface area contributed by atoms with Crippen LogP contribution in [0.5, 0.6) is 17.2 Å². The highest BCUT2D eigenvalue weighted by atomic mass is 16.7. The van der Waals surface area contributed by atoms with E-state index < -0.39 is 0 Å². The topological polar surface area (TPSA) is 94.6 Å². The number of rotatable bonds is 6. The molecule has 0 saturated heterocycles. The highest BCUT2D eigenvalue weighted by molar-refractivity contribution is 6.04. The summed E-state index contributed by atoms with van der Waals surface area (Å²) in [5, 5.41) is 5.86. The zero-order valence-corrected chi connectivity index (χ0v) is 15.1. The number of amides is 1. The van der Waals surface area contributed by atoms with Gasteiger partial charge < -0.3 is 24.8 Å². The Bertz CT molecular complexity index is 975. The largest absolute Gasteiger partial charge is 0.494 e. The summed E-state index contributed by atoms with van der Waals surface area (Å²) in [6.07, 6.45) is 2.93. The molecule has 28 heavy (non-hydrogen) atoms. The summed E-state index contributed by atoms with van der Waals surface area (Å²) in [5.74, 6) is 2.13. The van der Waals surface area contributed by atoms with Crippen molar-refractivity contribution in [1.29, 1.82) is 0 Å². The zero-order valence-electron chi connectivity index (χ0n) is 15.1. The van der Waals surface area contributed by atoms with Gasteiger partial charge in [0, 0.05) is 29.8 Å². The standard InChI is InChI=1S/C20H18N4O4/c1-2-26-16-6-3-14(4-7-16)24-20-21-10-13(11-22-20)19(25)23-15-5-8-17-18(9-15)28-12-27-17/h3-11H,2,12H2,1H3,(H,23,25)(H,21,22,24). The van der Waals surface area contributed by atoms with Crippen molar-refractivity contribution in [3.63, 3.8) is 0 Å². The number of carbonyl (C=O) groups excluding carboxylic acids is 1. The summed E-state index contributed by atoms with van der Waals surface area (Å²) >= 11 is 0. The van der Waals surface area contributed by atoms with Gasteiger partial charge in [-0.05, 0) is 43.3 Å². The molecule has 0 atom stereocenters. The zero-order chi connectivity index (χ0) is 19.3. The molecule has 0 radical (unpaired) electrons. The van der Waals surface area contributed by atoms with E-state index in [0.717, 1.165) is 11.4 Å². The number of ether oxygens (including phenoxy) is 3. The first-order chi connectivity index (χ1) is 13.7. The van der Waals surface area contributed by atoms with E-state index in [1.165, 1.54) is 12.4 Å². The molecule has 2 heterocycles. The number of nitrogens with one attached hydrogen (secondary N) is 2. The van der Waals surface area contributed by atoms with Crippen molar-refractivity contribution in [2.45, 2.75) is 6.92 Å². The minimum absolute atomic E-state index is 0.184. The lowest BCUT2D eigenvalue weighted by Gasteiger charge is -2.08. The van der Waals surface area contributed by atoms with Crippen LogP contribution in [-0.4, -0.2) is 29.3 Å². The number of hydrogen-bond donors (Lipinski definition) is 2. The first-order valence-corrected chi connectivity index (χ1v) is 8.74. The van der Waals surface area contributed by atoms with Gasteiger partial charge in [-0.3, -0.25) is 4.79 Å². The summed E-state index contributed by atoms with van der Waals surface area (Å²) in [4.78, 5) is 20.8. The monoisotopic (exact) mass is 378 g/mol. The predicted molar refractivity (Wildman–Crippen MR) is 103 cm³/mol. The fourth-order valence-electron chi connectivity index (χ4n) is 2.62. The number of anilines is 3. The van der Waals surface area contributed by atoms with E-state index >= 15 is 0 Å². The number of nitrogens with zero attached hydrogens (tertiary/aromatic N) is 2. The molecule has 8 heteroatoms. The van der Waals surface area contributed by atoms with E-state index in [0.29, 0.717) is 35.3 Å². The molecule has 142 valence electrons. The molecule has 0 bridgehead atoms. The maximum atomic E-state index is 12.4. The number of hydrogen-bond acceptors (Lipinski definition) is 7. The first-order valence-electron chi connectivity index (χ1n) is 8.74. The van der Waals surface area contributed by atoms with Gasteiger partial charge in [0.25, 0.3) is 5.91 Å². The lowest BCUT2D eigenvalue weighted by molar-refractivity contribution is 0.102. The van der Waals surface area contributed by atoms with Crippen molar-refractivity contribution in [3.8, 4) is 17.2 Å². The molecule has 1 amide bonds. The minimum Gasteiger partial charge on any atom is -0.494 e. The van der Waals surface area contributed by atoms with Gasteiger partial charge in [0.15, 0.2) is 11.5 Å². The molecular formula is C20H18N4O4. The van der Waals surface area contributed by atoms with E-state index in [-0.39, 0.29) is 12.7 Å². The van der Waals surface area contributed by atoms with E-state index in [2.05, 4.69) is 20.6 Å². The molecule has 0 spiro atoms. The number of fused-ring (bicyclic) bond motifs is 1. The molecule has 1 aliphatic rings. The Morgan fingerprint density at radius 3 is 2.50 bits per heavy atom. The Kier molecular flexibility index (Phi) is 4.92. The molecule has 1 aromatic heterocycles. The maximum Gasteiger partial charge on any atom is 0.258 e. The highest BCUT2D eigenvalue weighted by Gasteiger charge is 2.15. The van der Waals surface area contributed by atoms with Gasteiger partial charge in [-0.1, -0.05) is 0 Å². The second-order valence-corrected chi connectivity index (χ2v) is 5.90. The van der Waals surface area contributed by atoms with Crippen LogP contribution in [0, 0.1) is 0 Å². The number of aromatic nitrogens is 2.